The standard InChI is InChI=1S/C15H12F3N3O2S/c1-21-14-7-4-12(8-10(14)9-19-21)20-24(22,23)13-5-2-11(3-6-13)15(16,17)18/h2-9,20H,1H3. The van der Waals surface area contributed by atoms with Crippen molar-refractivity contribution in [3.05, 3.63) is 54.2 Å². The summed E-state index contributed by atoms with van der Waals surface area (Å²) in [6.45, 7) is 0. The largest absolute Gasteiger partial charge is 0.416 e. The van der Waals surface area contributed by atoms with Gasteiger partial charge in [0.1, 0.15) is 0 Å². The lowest BCUT2D eigenvalue weighted by Gasteiger charge is -2.10. The third-order valence-corrected chi connectivity index (χ3v) is 4.89. The number of anilines is 1. The highest BCUT2D eigenvalue weighted by atomic mass is 32.2. The molecule has 3 aromatic rings. The average molecular weight is 355 g/mol. The number of halogens is 3. The van der Waals surface area contributed by atoms with E-state index in [0.29, 0.717) is 5.69 Å². The summed E-state index contributed by atoms with van der Waals surface area (Å²) in [5, 5.41) is 4.80. The predicted molar refractivity (Wildman–Crippen MR) is 83.0 cm³/mol. The van der Waals surface area contributed by atoms with Crippen LogP contribution in [0.25, 0.3) is 10.9 Å². The number of sulfonamides is 1. The van der Waals surface area contributed by atoms with Gasteiger partial charge in [0.15, 0.2) is 0 Å². The first-order chi connectivity index (χ1) is 11.2. The highest BCUT2D eigenvalue weighted by molar-refractivity contribution is 7.92. The van der Waals surface area contributed by atoms with E-state index in [4.69, 9.17) is 0 Å². The van der Waals surface area contributed by atoms with Gasteiger partial charge >= 0.3 is 6.18 Å². The number of benzene rings is 2. The van der Waals surface area contributed by atoms with E-state index < -0.39 is 21.8 Å². The molecule has 0 unspecified atom stereocenters. The fourth-order valence-electron chi connectivity index (χ4n) is 2.26. The molecule has 0 amide bonds. The highest BCUT2D eigenvalue weighted by Crippen LogP contribution is 2.30. The van der Waals surface area contributed by atoms with Crippen molar-refractivity contribution in [3.63, 3.8) is 0 Å². The molecule has 3 rings (SSSR count). The predicted octanol–water partition coefficient (Wildman–Crippen LogP) is 3.39. The lowest BCUT2D eigenvalue weighted by Crippen LogP contribution is -2.13. The molecular weight excluding hydrogens is 343 g/mol. The molecular formula is C15H12F3N3O2S. The Balaban J connectivity index is 1.89. The van der Waals surface area contributed by atoms with E-state index in [9.17, 15) is 21.6 Å². The fourth-order valence-corrected chi connectivity index (χ4v) is 3.31. The van der Waals surface area contributed by atoms with E-state index >= 15 is 0 Å². The van der Waals surface area contributed by atoms with Crippen molar-refractivity contribution in [2.75, 3.05) is 4.72 Å². The van der Waals surface area contributed by atoms with Gasteiger partial charge in [-0.2, -0.15) is 18.3 Å². The maximum atomic E-state index is 12.5. The van der Waals surface area contributed by atoms with Crippen LogP contribution in [-0.2, 0) is 23.2 Å². The van der Waals surface area contributed by atoms with Crippen molar-refractivity contribution >= 4 is 26.6 Å². The van der Waals surface area contributed by atoms with Crippen LogP contribution in [0.2, 0.25) is 0 Å². The molecule has 126 valence electrons. The zero-order valence-corrected chi connectivity index (χ0v) is 13.2. The van der Waals surface area contributed by atoms with Gasteiger partial charge in [-0.3, -0.25) is 9.40 Å². The van der Waals surface area contributed by atoms with Crippen LogP contribution in [0, 0.1) is 0 Å². The van der Waals surface area contributed by atoms with Crippen molar-refractivity contribution in [1.29, 1.82) is 0 Å². The number of hydrogen-bond donors (Lipinski definition) is 1. The second-order valence-electron chi connectivity index (χ2n) is 5.17. The molecule has 1 aromatic heterocycles. The van der Waals surface area contributed by atoms with Crippen LogP contribution in [0.4, 0.5) is 18.9 Å². The quantitative estimate of drug-likeness (QED) is 0.783. The minimum atomic E-state index is -4.51. The molecule has 0 aliphatic heterocycles. The molecule has 5 nitrogen and oxygen atoms in total. The lowest BCUT2D eigenvalue weighted by atomic mass is 10.2. The Bertz CT molecular complexity index is 993. The Morgan fingerprint density at radius 1 is 1.08 bits per heavy atom. The van der Waals surface area contributed by atoms with Gasteiger partial charge in [0, 0.05) is 18.1 Å². The van der Waals surface area contributed by atoms with Crippen molar-refractivity contribution in [1.82, 2.24) is 9.78 Å². The normalized spacial score (nSPS) is 12.5. The topological polar surface area (TPSA) is 64.0 Å². The van der Waals surface area contributed by atoms with Gasteiger partial charge in [0.25, 0.3) is 10.0 Å². The Morgan fingerprint density at radius 2 is 1.75 bits per heavy atom. The molecule has 0 saturated carbocycles. The Labute approximate surface area is 135 Å². The molecule has 0 atom stereocenters. The van der Waals surface area contributed by atoms with Gasteiger partial charge in [0.2, 0.25) is 0 Å². The Hall–Kier alpha value is -2.55. The van der Waals surface area contributed by atoms with Crippen molar-refractivity contribution in [3.8, 4) is 0 Å². The number of hydrogen-bond acceptors (Lipinski definition) is 3. The van der Waals surface area contributed by atoms with E-state index in [1.165, 1.54) is 0 Å². The molecule has 1 N–H and O–H groups in total. The molecule has 0 aliphatic rings. The third-order valence-electron chi connectivity index (χ3n) is 3.49. The van der Waals surface area contributed by atoms with Crippen molar-refractivity contribution in [2.24, 2.45) is 7.05 Å². The molecule has 0 radical (unpaired) electrons. The molecule has 0 saturated heterocycles. The minimum Gasteiger partial charge on any atom is -0.280 e. The van der Waals surface area contributed by atoms with Crippen LogP contribution in [0.3, 0.4) is 0 Å². The van der Waals surface area contributed by atoms with Crippen LogP contribution >= 0.6 is 0 Å². The molecule has 24 heavy (non-hydrogen) atoms. The Kier molecular flexibility index (Phi) is 3.75. The zero-order valence-electron chi connectivity index (χ0n) is 12.4. The average Bonchev–Trinajstić information content (AvgIpc) is 2.87. The minimum absolute atomic E-state index is 0.248. The van der Waals surface area contributed by atoms with Gasteiger partial charge in [-0.05, 0) is 42.5 Å². The van der Waals surface area contributed by atoms with E-state index in [-0.39, 0.29) is 4.90 Å². The van der Waals surface area contributed by atoms with Crippen LogP contribution in [0.15, 0.2) is 53.6 Å². The number of aromatic nitrogens is 2. The second kappa shape index (κ2) is 5.52. The first kappa shape index (κ1) is 16.3. The van der Waals surface area contributed by atoms with E-state index in [1.807, 2.05) is 0 Å². The number of rotatable bonds is 3. The number of nitrogens with one attached hydrogen (secondary N) is 1. The van der Waals surface area contributed by atoms with Gasteiger partial charge in [-0.1, -0.05) is 0 Å². The molecule has 0 bridgehead atoms. The monoisotopic (exact) mass is 355 g/mol. The molecule has 2 aromatic carbocycles. The zero-order chi connectivity index (χ0) is 17.5. The molecule has 9 heteroatoms. The van der Waals surface area contributed by atoms with Crippen LogP contribution in [0.1, 0.15) is 5.56 Å². The summed E-state index contributed by atoms with van der Waals surface area (Å²) in [7, 11) is -2.22. The van der Waals surface area contributed by atoms with Gasteiger partial charge in [-0.15, -0.1) is 0 Å². The summed E-state index contributed by atoms with van der Waals surface area (Å²) in [4.78, 5) is -0.248. The summed E-state index contributed by atoms with van der Waals surface area (Å²) in [5.74, 6) is 0. The third kappa shape index (κ3) is 3.07. The number of aryl methyl sites for hydroxylation is 1. The van der Waals surface area contributed by atoms with E-state index in [1.54, 1.807) is 36.1 Å². The highest BCUT2D eigenvalue weighted by Gasteiger charge is 2.30. The summed E-state index contributed by atoms with van der Waals surface area (Å²) in [6, 6.07) is 8.18. The van der Waals surface area contributed by atoms with E-state index in [0.717, 1.165) is 35.2 Å². The van der Waals surface area contributed by atoms with E-state index in [2.05, 4.69) is 9.82 Å². The van der Waals surface area contributed by atoms with Crippen molar-refractivity contribution < 1.29 is 21.6 Å². The number of alkyl halides is 3. The first-order valence-corrected chi connectivity index (χ1v) is 8.27. The molecule has 0 fully saturated rings. The van der Waals surface area contributed by atoms with Crippen LogP contribution < -0.4 is 4.72 Å². The molecule has 0 spiro atoms. The number of nitrogens with zero attached hydrogens (tertiary/aromatic N) is 2. The molecule has 1 heterocycles. The second-order valence-corrected chi connectivity index (χ2v) is 6.85. The Morgan fingerprint density at radius 3 is 2.38 bits per heavy atom. The summed E-state index contributed by atoms with van der Waals surface area (Å²) >= 11 is 0. The van der Waals surface area contributed by atoms with Crippen LogP contribution in [0.5, 0.6) is 0 Å². The maximum absolute atomic E-state index is 12.5. The SMILES string of the molecule is Cn1ncc2cc(NS(=O)(=O)c3ccc(C(F)(F)F)cc3)ccc21. The summed E-state index contributed by atoms with van der Waals surface area (Å²) in [5.41, 5.74) is 0.223. The maximum Gasteiger partial charge on any atom is 0.416 e. The summed E-state index contributed by atoms with van der Waals surface area (Å²) < 4.78 is 66.2. The summed E-state index contributed by atoms with van der Waals surface area (Å²) in [6.07, 6.45) is -2.92. The number of fused-ring (bicyclic) bond motifs is 1. The van der Waals surface area contributed by atoms with Gasteiger partial charge < -0.3 is 0 Å². The lowest BCUT2D eigenvalue weighted by molar-refractivity contribution is -0.137. The van der Waals surface area contributed by atoms with Crippen molar-refractivity contribution in [2.45, 2.75) is 11.1 Å². The van der Waals surface area contributed by atoms with Crippen LogP contribution in [-0.4, -0.2) is 18.2 Å². The van der Waals surface area contributed by atoms with Gasteiger partial charge in [0.05, 0.1) is 22.2 Å². The van der Waals surface area contributed by atoms with Gasteiger partial charge in [-0.25, -0.2) is 8.42 Å². The fraction of sp³-hybridized carbons (Fsp3) is 0.133. The first-order valence-electron chi connectivity index (χ1n) is 6.79. The smallest absolute Gasteiger partial charge is 0.280 e. The molecule has 0 aliphatic carbocycles.